The second-order valence-corrected chi connectivity index (χ2v) is 4.94. The molecule has 1 heterocycles. The summed E-state index contributed by atoms with van der Waals surface area (Å²) in [5.41, 5.74) is 0.506. The summed E-state index contributed by atoms with van der Waals surface area (Å²) in [6.45, 7) is 5.72. The molecule has 0 unspecified atom stereocenters. The van der Waals surface area contributed by atoms with Crippen molar-refractivity contribution in [1.29, 1.82) is 0 Å². The van der Waals surface area contributed by atoms with Crippen LogP contribution in [0, 0.1) is 0 Å². The third-order valence-corrected chi connectivity index (χ3v) is 3.99. The summed E-state index contributed by atoms with van der Waals surface area (Å²) in [4.78, 5) is 2.72. The molecule has 0 bridgehead atoms. The van der Waals surface area contributed by atoms with E-state index in [1.54, 1.807) is 7.11 Å². The van der Waals surface area contributed by atoms with Gasteiger partial charge in [-0.25, -0.2) is 0 Å². The highest BCUT2D eigenvalue weighted by molar-refractivity contribution is 4.99. The maximum absolute atomic E-state index is 5.14. The van der Waals surface area contributed by atoms with Crippen LogP contribution in [0.25, 0.3) is 0 Å². The van der Waals surface area contributed by atoms with E-state index in [-0.39, 0.29) is 0 Å². The molecule has 88 valence electrons. The topological polar surface area (TPSA) is 24.5 Å². The number of nitrogens with one attached hydrogen (secondary N) is 1. The van der Waals surface area contributed by atoms with Crippen LogP contribution in [0.5, 0.6) is 0 Å². The van der Waals surface area contributed by atoms with Crippen LogP contribution in [-0.2, 0) is 4.74 Å². The molecule has 1 N–H and O–H groups in total. The first-order chi connectivity index (χ1) is 7.37. The second kappa shape index (κ2) is 5.28. The van der Waals surface area contributed by atoms with E-state index < -0.39 is 0 Å². The Morgan fingerprint density at radius 3 is 2.87 bits per heavy atom. The second-order valence-electron chi connectivity index (χ2n) is 4.94. The van der Waals surface area contributed by atoms with E-state index >= 15 is 0 Å². The molecule has 2 aliphatic rings. The number of ether oxygens (including phenoxy) is 1. The minimum Gasteiger partial charge on any atom is -0.385 e. The van der Waals surface area contributed by atoms with E-state index in [0.29, 0.717) is 5.54 Å². The standard InChI is InChI=1S/C12H24N2O/c1-15-10-4-8-14-9-7-13-11-12(14)5-2-3-6-12/h13H,2-11H2,1H3. The first-order valence-electron chi connectivity index (χ1n) is 6.32. The van der Waals surface area contributed by atoms with Crippen molar-refractivity contribution in [3.63, 3.8) is 0 Å². The lowest BCUT2D eigenvalue weighted by molar-refractivity contribution is 0.0551. The van der Waals surface area contributed by atoms with Gasteiger partial charge in [-0.2, -0.15) is 0 Å². The maximum Gasteiger partial charge on any atom is 0.0474 e. The molecular weight excluding hydrogens is 188 g/mol. The van der Waals surface area contributed by atoms with Crippen molar-refractivity contribution >= 4 is 0 Å². The van der Waals surface area contributed by atoms with Crippen molar-refractivity contribution in [3.8, 4) is 0 Å². The zero-order valence-electron chi connectivity index (χ0n) is 9.93. The molecule has 1 aliphatic heterocycles. The summed E-state index contributed by atoms with van der Waals surface area (Å²) in [6.07, 6.45) is 6.81. The summed E-state index contributed by atoms with van der Waals surface area (Å²) in [5.74, 6) is 0. The van der Waals surface area contributed by atoms with Gasteiger partial charge in [0.25, 0.3) is 0 Å². The molecule has 0 amide bonds. The monoisotopic (exact) mass is 212 g/mol. The van der Waals surface area contributed by atoms with E-state index in [1.807, 2.05) is 0 Å². The Bertz CT molecular complexity index is 190. The Kier molecular flexibility index (Phi) is 4.00. The van der Waals surface area contributed by atoms with Gasteiger partial charge >= 0.3 is 0 Å². The smallest absolute Gasteiger partial charge is 0.0474 e. The molecule has 0 radical (unpaired) electrons. The summed E-state index contributed by atoms with van der Waals surface area (Å²) in [5, 5.41) is 3.56. The zero-order chi connectivity index (χ0) is 10.6. The minimum absolute atomic E-state index is 0.506. The Labute approximate surface area is 93.2 Å². The molecule has 2 rings (SSSR count). The Morgan fingerprint density at radius 1 is 1.33 bits per heavy atom. The number of hydrogen-bond acceptors (Lipinski definition) is 3. The van der Waals surface area contributed by atoms with E-state index in [0.717, 1.165) is 13.2 Å². The molecule has 3 nitrogen and oxygen atoms in total. The number of hydrogen-bond donors (Lipinski definition) is 1. The molecule has 1 saturated heterocycles. The molecule has 1 aliphatic carbocycles. The highest BCUT2D eigenvalue weighted by Crippen LogP contribution is 2.35. The molecule has 0 aromatic rings. The van der Waals surface area contributed by atoms with Crippen LogP contribution in [0.1, 0.15) is 32.1 Å². The third-order valence-electron chi connectivity index (χ3n) is 3.99. The largest absolute Gasteiger partial charge is 0.385 e. The van der Waals surface area contributed by atoms with Gasteiger partial charge in [-0.15, -0.1) is 0 Å². The quantitative estimate of drug-likeness (QED) is 0.710. The first kappa shape index (κ1) is 11.4. The summed E-state index contributed by atoms with van der Waals surface area (Å²) < 4.78 is 5.14. The van der Waals surface area contributed by atoms with Crippen molar-refractivity contribution in [2.75, 3.05) is 39.9 Å². The Hall–Kier alpha value is -0.120. The van der Waals surface area contributed by atoms with Gasteiger partial charge in [0.2, 0.25) is 0 Å². The van der Waals surface area contributed by atoms with Crippen molar-refractivity contribution < 1.29 is 4.74 Å². The summed E-state index contributed by atoms with van der Waals surface area (Å²) in [7, 11) is 1.79. The van der Waals surface area contributed by atoms with E-state index in [9.17, 15) is 0 Å². The van der Waals surface area contributed by atoms with Gasteiger partial charge in [0, 0.05) is 45.4 Å². The van der Waals surface area contributed by atoms with Crippen LogP contribution in [-0.4, -0.2) is 50.3 Å². The third kappa shape index (κ3) is 2.52. The van der Waals surface area contributed by atoms with Crippen LogP contribution in [0.15, 0.2) is 0 Å². The van der Waals surface area contributed by atoms with Gasteiger partial charge in [0.15, 0.2) is 0 Å². The van der Waals surface area contributed by atoms with Gasteiger partial charge in [0.1, 0.15) is 0 Å². The average molecular weight is 212 g/mol. The number of piperazine rings is 1. The zero-order valence-corrected chi connectivity index (χ0v) is 9.93. The van der Waals surface area contributed by atoms with Crippen molar-refractivity contribution in [2.45, 2.75) is 37.6 Å². The molecule has 0 aromatic heterocycles. The number of nitrogens with zero attached hydrogens (tertiary/aromatic N) is 1. The highest BCUT2D eigenvalue weighted by atomic mass is 16.5. The van der Waals surface area contributed by atoms with Gasteiger partial charge in [-0.3, -0.25) is 4.90 Å². The molecule has 1 spiro atoms. The highest BCUT2D eigenvalue weighted by Gasteiger charge is 2.40. The van der Waals surface area contributed by atoms with Crippen molar-refractivity contribution in [2.24, 2.45) is 0 Å². The fraction of sp³-hybridized carbons (Fsp3) is 1.00. The fourth-order valence-corrected chi connectivity index (χ4v) is 3.16. The van der Waals surface area contributed by atoms with E-state index in [4.69, 9.17) is 4.74 Å². The summed E-state index contributed by atoms with van der Waals surface area (Å²) >= 11 is 0. The van der Waals surface area contributed by atoms with E-state index in [2.05, 4.69) is 10.2 Å². The molecule has 2 fully saturated rings. The van der Waals surface area contributed by atoms with Gasteiger partial charge in [-0.05, 0) is 19.3 Å². The van der Waals surface area contributed by atoms with Gasteiger partial charge in [-0.1, -0.05) is 12.8 Å². The number of rotatable bonds is 4. The fourth-order valence-electron chi connectivity index (χ4n) is 3.16. The lowest BCUT2D eigenvalue weighted by Crippen LogP contribution is -2.60. The van der Waals surface area contributed by atoms with Gasteiger partial charge < -0.3 is 10.1 Å². The average Bonchev–Trinajstić information content (AvgIpc) is 2.71. The van der Waals surface area contributed by atoms with Crippen LogP contribution in [0.3, 0.4) is 0 Å². The molecule has 3 heteroatoms. The lowest BCUT2D eigenvalue weighted by atomic mass is 9.92. The van der Waals surface area contributed by atoms with Gasteiger partial charge in [0.05, 0.1) is 0 Å². The van der Waals surface area contributed by atoms with Crippen LogP contribution in [0.4, 0.5) is 0 Å². The Balaban J connectivity index is 1.88. The lowest BCUT2D eigenvalue weighted by Gasteiger charge is -2.45. The van der Waals surface area contributed by atoms with Crippen molar-refractivity contribution in [3.05, 3.63) is 0 Å². The molecule has 0 aromatic carbocycles. The van der Waals surface area contributed by atoms with Crippen LogP contribution < -0.4 is 5.32 Å². The Morgan fingerprint density at radius 2 is 2.13 bits per heavy atom. The molecule has 15 heavy (non-hydrogen) atoms. The molecular formula is C12H24N2O. The minimum atomic E-state index is 0.506. The normalized spacial score (nSPS) is 26.2. The van der Waals surface area contributed by atoms with Crippen LogP contribution >= 0.6 is 0 Å². The molecule has 1 saturated carbocycles. The predicted molar refractivity (Wildman–Crippen MR) is 62.1 cm³/mol. The maximum atomic E-state index is 5.14. The predicted octanol–water partition coefficient (Wildman–Crippen LogP) is 1.24. The van der Waals surface area contributed by atoms with Crippen molar-refractivity contribution in [1.82, 2.24) is 10.2 Å². The summed E-state index contributed by atoms with van der Waals surface area (Å²) in [6, 6.07) is 0. The number of methoxy groups -OCH3 is 1. The van der Waals surface area contributed by atoms with E-state index in [1.165, 1.54) is 51.7 Å². The first-order valence-corrected chi connectivity index (χ1v) is 6.32. The SMILES string of the molecule is COCCCN1CCNCC12CCCC2. The molecule has 0 atom stereocenters. The van der Waals surface area contributed by atoms with Crippen LogP contribution in [0.2, 0.25) is 0 Å².